The smallest absolute Gasteiger partial charge is 0.246 e. The Morgan fingerprint density at radius 2 is 1.91 bits per heavy atom. The molecular formula is C16H26N2O4S. The van der Waals surface area contributed by atoms with Crippen LogP contribution in [0.25, 0.3) is 0 Å². The number of rotatable bonds is 9. The zero-order valence-corrected chi connectivity index (χ0v) is 15.1. The van der Waals surface area contributed by atoms with E-state index in [9.17, 15) is 13.2 Å². The molecule has 1 rings (SSSR count). The van der Waals surface area contributed by atoms with Gasteiger partial charge >= 0.3 is 0 Å². The van der Waals surface area contributed by atoms with Gasteiger partial charge in [-0.05, 0) is 31.5 Å². The van der Waals surface area contributed by atoms with Crippen molar-refractivity contribution in [2.75, 3.05) is 26.0 Å². The molecule has 0 fully saturated rings. The van der Waals surface area contributed by atoms with Crippen molar-refractivity contribution < 1.29 is 17.9 Å². The first-order chi connectivity index (χ1) is 10.8. The lowest BCUT2D eigenvalue weighted by molar-refractivity contribution is -0.116. The van der Waals surface area contributed by atoms with E-state index < -0.39 is 10.0 Å². The summed E-state index contributed by atoms with van der Waals surface area (Å²) in [5, 5.41) is 2.74. The van der Waals surface area contributed by atoms with Gasteiger partial charge in [0.1, 0.15) is 10.6 Å². The molecule has 0 heterocycles. The molecule has 1 amide bonds. The number of ether oxygens (including phenoxy) is 1. The van der Waals surface area contributed by atoms with Crippen LogP contribution < -0.4 is 10.1 Å². The molecule has 7 heteroatoms. The number of sulfonamides is 1. The monoisotopic (exact) mass is 342 g/mol. The topological polar surface area (TPSA) is 75.7 Å². The number of hydrogen-bond acceptors (Lipinski definition) is 4. The second kappa shape index (κ2) is 8.88. The molecule has 0 aliphatic heterocycles. The first kappa shape index (κ1) is 19.4. The van der Waals surface area contributed by atoms with E-state index in [1.807, 2.05) is 0 Å². The fourth-order valence-electron chi connectivity index (χ4n) is 2.02. The molecule has 1 aromatic rings. The number of carbonyl (C=O) groups is 1. The highest BCUT2D eigenvalue weighted by molar-refractivity contribution is 7.89. The van der Waals surface area contributed by atoms with Gasteiger partial charge in [0.05, 0.1) is 6.61 Å². The highest BCUT2D eigenvalue weighted by Crippen LogP contribution is 2.29. The third-order valence-electron chi connectivity index (χ3n) is 3.29. The van der Waals surface area contributed by atoms with Crippen molar-refractivity contribution in [1.82, 2.24) is 4.31 Å². The molecule has 130 valence electrons. The van der Waals surface area contributed by atoms with E-state index in [0.717, 1.165) is 23.6 Å². The number of benzene rings is 1. The van der Waals surface area contributed by atoms with Gasteiger partial charge in [-0.3, -0.25) is 4.79 Å². The van der Waals surface area contributed by atoms with Crippen molar-refractivity contribution in [1.29, 1.82) is 0 Å². The van der Waals surface area contributed by atoms with Crippen molar-refractivity contribution in [2.45, 2.75) is 44.4 Å². The van der Waals surface area contributed by atoms with E-state index >= 15 is 0 Å². The van der Waals surface area contributed by atoms with Gasteiger partial charge in [-0.25, -0.2) is 12.7 Å². The fraction of sp³-hybridized carbons (Fsp3) is 0.562. The van der Waals surface area contributed by atoms with Gasteiger partial charge in [-0.1, -0.05) is 19.8 Å². The third kappa shape index (κ3) is 5.51. The molecular weight excluding hydrogens is 316 g/mol. The second-order valence-electron chi connectivity index (χ2n) is 5.39. The van der Waals surface area contributed by atoms with E-state index in [4.69, 9.17) is 4.74 Å². The number of nitrogens with one attached hydrogen (secondary N) is 1. The van der Waals surface area contributed by atoms with Crippen LogP contribution in [-0.2, 0) is 14.8 Å². The normalized spacial score (nSPS) is 11.5. The molecule has 0 radical (unpaired) electrons. The van der Waals surface area contributed by atoms with Crippen LogP contribution >= 0.6 is 0 Å². The van der Waals surface area contributed by atoms with Crippen LogP contribution in [0.3, 0.4) is 0 Å². The van der Waals surface area contributed by atoms with Crippen molar-refractivity contribution in [3.05, 3.63) is 18.2 Å². The molecule has 0 saturated heterocycles. The average molecular weight is 342 g/mol. The molecule has 0 aromatic heterocycles. The van der Waals surface area contributed by atoms with Gasteiger partial charge in [0.2, 0.25) is 15.9 Å². The second-order valence-corrected chi connectivity index (χ2v) is 7.51. The highest BCUT2D eigenvalue weighted by Gasteiger charge is 2.23. The number of hydrogen-bond donors (Lipinski definition) is 1. The predicted molar refractivity (Wildman–Crippen MR) is 91.3 cm³/mol. The summed E-state index contributed by atoms with van der Waals surface area (Å²) in [7, 11) is -0.733. The quantitative estimate of drug-likeness (QED) is 0.700. The van der Waals surface area contributed by atoms with E-state index in [-0.39, 0.29) is 16.6 Å². The summed E-state index contributed by atoms with van der Waals surface area (Å²) in [6.45, 7) is 4.22. The Labute approximate surface area is 138 Å². The zero-order chi connectivity index (χ0) is 17.5. The lowest BCUT2D eigenvalue weighted by Gasteiger charge is -2.16. The van der Waals surface area contributed by atoms with Crippen molar-refractivity contribution in [2.24, 2.45) is 0 Å². The molecule has 0 atom stereocenters. The van der Waals surface area contributed by atoms with Gasteiger partial charge in [-0.15, -0.1) is 0 Å². The Kier molecular flexibility index (Phi) is 7.51. The van der Waals surface area contributed by atoms with Gasteiger partial charge in [0.25, 0.3) is 0 Å². The largest absolute Gasteiger partial charge is 0.492 e. The number of anilines is 1. The van der Waals surface area contributed by atoms with Crippen molar-refractivity contribution in [3.8, 4) is 5.75 Å². The van der Waals surface area contributed by atoms with Crippen LogP contribution in [0.2, 0.25) is 0 Å². The Balaban J connectivity index is 3.02. The lowest BCUT2D eigenvalue weighted by atomic mass is 10.2. The third-order valence-corrected chi connectivity index (χ3v) is 5.13. The van der Waals surface area contributed by atoms with Gasteiger partial charge < -0.3 is 10.1 Å². The van der Waals surface area contributed by atoms with Gasteiger partial charge in [-0.2, -0.15) is 0 Å². The predicted octanol–water partition coefficient (Wildman–Crippen LogP) is 2.85. The maximum Gasteiger partial charge on any atom is 0.246 e. The van der Waals surface area contributed by atoms with Crippen LogP contribution in [0, 0.1) is 0 Å². The van der Waals surface area contributed by atoms with Crippen molar-refractivity contribution >= 4 is 21.6 Å². The minimum Gasteiger partial charge on any atom is -0.492 e. The van der Waals surface area contributed by atoms with Gasteiger partial charge in [0.15, 0.2) is 0 Å². The summed E-state index contributed by atoms with van der Waals surface area (Å²) in [5.74, 6) is 0.168. The Morgan fingerprint density at radius 1 is 1.22 bits per heavy atom. The highest BCUT2D eigenvalue weighted by atomic mass is 32.2. The SMILES string of the molecule is CCCCCC(=O)Nc1ccc(OCC)c(S(=O)(=O)N(C)C)c1. The molecule has 0 bridgehead atoms. The maximum atomic E-state index is 12.4. The summed E-state index contributed by atoms with van der Waals surface area (Å²) >= 11 is 0. The Hall–Kier alpha value is -1.60. The van der Waals surface area contributed by atoms with E-state index in [1.165, 1.54) is 20.2 Å². The van der Waals surface area contributed by atoms with Crippen molar-refractivity contribution in [3.63, 3.8) is 0 Å². The average Bonchev–Trinajstić information content (AvgIpc) is 2.49. The summed E-state index contributed by atoms with van der Waals surface area (Å²) in [6, 6.07) is 4.66. The molecule has 23 heavy (non-hydrogen) atoms. The minimum absolute atomic E-state index is 0.0516. The first-order valence-corrected chi connectivity index (χ1v) is 9.26. The molecule has 0 unspecified atom stereocenters. The van der Waals surface area contributed by atoms with Crippen LogP contribution in [0.4, 0.5) is 5.69 Å². The van der Waals surface area contributed by atoms with Crippen LogP contribution in [-0.4, -0.2) is 39.3 Å². The van der Waals surface area contributed by atoms with Crippen LogP contribution in [0.15, 0.2) is 23.1 Å². The minimum atomic E-state index is -3.65. The van der Waals surface area contributed by atoms with E-state index in [1.54, 1.807) is 19.1 Å². The zero-order valence-electron chi connectivity index (χ0n) is 14.3. The Morgan fingerprint density at radius 3 is 2.48 bits per heavy atom. The maximum absolute atomic E-state index is 12.4. The molecule has 0 spiro atoms. The van der Waals surface area contributed by atoms with E-state index in [2.05, 4.69) is 12.2 Å². The standard InChI is InChI=1S/C16H26N2O4S/c1-5-7-8-9-16(19)17-13-10-11-14(22-6-2)15(12-13)23(20,21)18(3)4/h10-12H,5-9H2,1-4H3,(H,17,19). The summed E-state index contributed by atoms with van der Waals surface area (Å²) < 4.78 is 31.3. The summed E-state index contributed by atoms with van der Waals surface area (Å²) in [6.07, 6.45) is 3.29. The fourth-order valence-corrected chi connectivity index (χ4v) is 3.07. The number of carbonyl (C=O) groups excluding carboxylic acids is 1. The summed E-state index contributed by atoms with van der Waals surface area (Å²) in [4.78, 5) is 11.9. The number of nitrogens with zero attached hydrogens (tertiary/aromatic N) is 1. The lowest BCUT2D eigenvalue weighted by Crippen LogP contribution is -2.23. The molecule has 0 aliphatic rings. The molecule has 0 saturated carbocycles. The molecule has 6 nitrogen and oxygen atoms in total. The van der Waals surface area contributed by atoms with Crippen LogP contribution in [0.5, 0.6) is 5.75 Å². The summed E-state index contributed by atoms with van der Waals surface area (Å²) in [5.41, 5.74) is 0.454. The first-order valence-electron chi connectivity index (χ1n) is 7.82. The van der Waals surface area contributed by atoms with Gasteiger partial charge in [0, 0.05) is 26.2 Å². The Bertz CT molecular complexity index is 627. The number of unbranched alkanes of at least 4 members (excludes halogenated alkanes) is 2. The number of amides is 1. The molecule has 0 aliphatic carbocycles. The van der Waals surface area contributed by atoms with E-state index in [0.29, 0.717) is 18.7 Å². The molecule has 1 N–H and O–H groups in total. The molecule has 1 aromatic carbocycles. The van der Waals surface area contributed by atoms with Crippen LogP contribution in [0.1, 0.15) is 39.5 Å².